The van der Waals surface area contributed by atoms with Gasteiger partial charge in [-0.2, -0.15) is 10.5 Å². The number of para-hydroxylation sites is 6. The van der Waals surface area contributed by atoms with E-state index in [1.54, 1.807) is 0 Å². The molecule has 0 fully saturated rings. The van der Waals surface area contributed by atoms with Crippen LogP contribution in [0.4, 0.5) is 0 Å². The molecule has 0 aliphatic carbocycles. The van der Waals surface area contributed by atoms with Crippen molar-refractivity contribution in [3.63, 3.8) is 0 Å². The van der Waals surface area contributed by atoms with Crippen molar-refractivity contribution in [3.05, 3.63) is 187 Å². The zero-order valence-corrected chi connectivity index (χ0v) is 29.5. The minimum absolute atomic E-state index is 0.566. The maximum atomic E-state index is 10.3. The van der Waals surface area contributed by atoms with Gasteiger partial charge in [-0.15, -0.1) is 0 Å². The first-order valence-electron chi connectivity index (χ1n) is 18.3. The molecular formula is C50H29N5. The second-order valence-electron chi connectivity index (χ2n) is 14.0. The Balaban J connectivity index is 1.21. The standard InChI is InChI=1S/C50H29N5/c51-30-32-26-27-47(55-46-24-8-4-17-38(46)40-19-10-13-34(31-52)49(40)55)42(28-32)33-12-9-14-35(29-33)53-43-21-5-3-18-39(43)41-20-11-25-48(50(41)53)54-44-22-6-1-15-36(44)37-16-2-7-23-45(37)54/h1-29H. The van der Waals surface area contributed by atoms with Gasteiger partial charge in [-0.3, -0.25) is 0 Å². The summed E-state index contributed by atoms with van der Waals surface area (Å²) in [5, 5.41) is 27.3. The highest BCUT2D eigenvalue weighted by atomic mass is 15.1. The fourth-order valence-electron chi connectivity index (χ4n) is 8.83. The lowest BCUT2D eigenvalue weighted by Crippen LogP contribution is -2.02. The summed E-state index contributed by atoms with van der Waals surface area (Å²) in [6, 6.07) is 65.9. The molecule has 0 spiro atoms. The molecule has 3 aromatic heterocycles. The van der Waals surface area contributed by atoms with Crippen molar-refractivity contribution >= 4 is 65.4 Å². The largest absolute Gasteiger partial charge is 0.307 e. The third-order valence-electron chi connectivity index (χ3n) is 11.1. The third-order valence-corrected chi connectivity index (χ3v) is 11.1. The van der Waals surface area contributed by atoms with E-state index in [0.717, 1.165) is 72.1 Å². The van der Waals surface area contributed by atoms with E-state index in [2.05, 4.69) is 159 Å². The number of aromatic nitrogens is 3. The second kappa shape index (κ2) is 11.8. The van der Waals surface area contributed by atoms with Crippen molar-refractivity contribution in [1.29, 1.82) is 10.5 Å². The van der Waals surface area contributed by atoms with Gasteiger partial charge in [-0.05, 0) is 72.3 Å². The minimum Gasteiger partial charge on any atom is -0.307 e. The van der Waals surface area contributed by atoms with Crippen molar-refractivity contribution in [2.45, 2.75) is 0 Å². The number of benzene rings is 8. The molecule has 0 saturated heterocycles. The Morgan fingerprint density at radius 1 is 0.364 bits per heavy atom. The summed E-state index contributed by atoms with van der Waals surface area (Å²) in [4.78, 5) is 0. The molecule has 55 heavy (non-hydrogen) atoms. The minimum atomic E-state index is 0.566. The summed E-state index contributed by atoms with van der Waals surface area (Å²) in [6.45, 7) is 0. The monoisotopic (exact) mass is 699 g/mol. The van der Waals surface area contributed by atoms with Crippen LogP contribution in [-0.4, -0.2) is 13.7 Å². The van der Waals surface area contributed by atoms with E-state index in [0.29, 0.717) is 11.1 Å². The van der Waals surface area contributed by atoms with Crippen molar-refractivity contribution in [1.82, 2.24) is 13.7 Å². The van der Waals surface area contributed by atoms with Gasteiger partial charge < -0.3 is 13.7 Å². The molecule has 5 heteroatoms. The number of nitriles is 2. The summed E-state index contributed by atoms with van der Waals surface area (Å²) < 4.78 is 6.97. The molecule has 254 valence electrons. The van der Waals surface area contributed by atoms with E-state index in [9.17, 15) is 10.5 Å². The van der Waals surface area contributed by atoms with E-state index in [-0.39, 0.29) is 0 Å². The topological polar surface area (TPSA) is 62.4 Å². The SMILES string of the molecule is N#Cc1ccc(-n2c3ccccc3c3cccc(C#N)c32)c(-c2cccc(-n3c4ccccc4c4cccc(-n5c6ccccc6c6ccccc65)c43)c2)c1. The summed E-state index contributed by atoms with van der Waals surface area (Å²) in [6.07, 6.45) is 0. The number of nitrogens with zero attached hydrogens (tertiary/aromatic N) is 5. The highest BCUT2D eigenvalue weighted by molar-refractivity contribution is 6.15. The molecular weight excluding hydrogens is 671 g/mol. The Kier molecular flexibility index (Phi) is 6.61. The maximum absolute atomic E-state index is 10.3. The molecule has 0 aliphatic heterocycles. The lowest BCUT2D eigenvalue weighted by molar-refractivity contribution is 1.13. The van der Waals surface area contributed by atoms with Crippen LogP contribution in [0, 0.1) is 22.7 Å². The zero-order valence-electron chi connectivity index (χ0n) is 29.5. The van der Waals surface area contributed by atoms with E-state index in [4.69, 9.17) is 0 Å². The van der Waals surface area contributed by atoms with Crippen LogP contribution < -0.4 is 0 Å². The molecule has 0 bridgehead atoms. The van der Waals surface area contributed by atoms with Gasteiger partial charge in [-0.25, -0.2) is 0 Å². The first-order valence-corrected chi connectivity index (χ1v) is 18.3. The third kappa shape index (κ3) is 4.39. The van der Waals surface area contributed by atoms with Gasteiger partial charge in [0.05, 0.1) is 61.7 Å². The summed E-state index contributed by atoms with van der Waals surface area (Å²) in [7, 11) is 0. The molecule has 0 aliphatic rings. The number of hydrogen-bond donors (Lipinski definition) is 0. The van der Waals surface area contributed by atoms with Gasteiger partial charge in [-0.1, -0.05) is 109 Å². The van der Waals surface area contributed by atoms with Crippen LogP contribution >= 0.6 is 0 Å². The molecule has 0 N–H and O–H groups in total. The Morgan fingerprint density at radius 2 is 0.891 bits per heavy atom. The van der Waals surface area contributed by atoms with Gasteiger partial charge in [0.1, 0.15) is 6.07 Å². The van der Waals surface area contributed by atoms with E-state index in [1.165, 1.54) is 21.5 Å². The van der Waals surface area contributed by atoms with Gasteiger partial charge >= 0.3 is 0 Å². The fourth-order valence-corrected chi connectivity index (χ4v) is 8.83. The van der Waals surface area contributed by atoms with Crippen LogP contribution in [0.3, 0.4) is 0 Å². The molecule has 0 unspecified atom stereocenters. The zero-order chi connectivity index (χ0) is 36.6. The van der Waals surface area contributed by atoms with Crippen LogP contribution in [0.5, 0.6) is 0 Å². The second-order valence-corrected chi connectivity index (χ2v) is 14.0. The molecule has 11 aromatic rings. The quantitative estimate of drug-likeness (QED) is 0.184. The Bertz CT molecular complexity index is 3420. The molecule has 0 radical (unpaired) electrons. The molecule has 0 atom stereocenters. The number of fused-ring (bicyclic) bond motifs is 9. The predicted molar refractivity (Wildman–Crippen MR) is 224 cm³/mol. The normalized spacial score (nSPS) is 11.6. The van der Waals surface area contributed by atoms with Crippen molar-refractivity contribution in [3.8, 4) is 40.3 Å². The van der Waals surface area contributed by atoms with E-state index in [1.807, 2.05) is 42.5 Å². The lowest BCUT2D eigenvalue weighted by Gasteiger charge is -2.17. The van der Waals surface area contributed by atoms with Crippen molar-refractivity contribution in [2.24, 2.45) is 0 Å². The van der Waals surface area contributed by atoms with E-state index < -0.39 is 0 Å². The average Bonchev–Trinajstić information content (AvgIpc) is 3.90. The van der Waals surface area contributed by atoms with Gasteiger partial charge in [0.25, 0.3) is 0 Å². The predicted octanol–water partition coefficient (Wildman–Crippen LogP) is 12.4. The molecule has 0 saturated carbocycles. The van der Waals surface area contributed by atoms with Gasteiger partial charge in [0.2, 0.25) is 0 Å². The van der Waals surface area contributed by atoms with E-state index >= 15 is 0 Å². The first kappa shape index (κ1) is 30.7. The summed E-state index contributed by atoms with van der Waals surface area (Å²) in [5.41, 5.74) is 12.4. The van der Waals surface area contributed by atoms with Gasteiger partial charge in [0, 0.05) is 43.6 Å². The van der Waals surface area contributed by atoms with Crippen LogP contribution in [0.2, 0.25) is 0 Å². The maximum Gasteiger partial charge on any atom is 0.101 e. The highest BCUT2D eigenvalue weighted by Crippen LogP contribution is 2.42. The number of rotatable bonds is 4. The van der Waals surface area contributed by atoms with Crippen LogP contribution in [0.25, 0.3) is 93.6 Å². The Labute approximate surface area is 316 Å². The van der Waals surface area contributed by atoms with Crippen LogP contribution in [0.1, 0.15) is 11.1 Å². The molecule has 8 aromatic carbocycles. The molecule has 3 heterocycles. The van der Waals surface area contributed by atoms with Gasteiger partial charge in [0.15, 0.2) is 0 Å². The number of hydrogen-bond acceptors (Lipinski definition) is 2. The fraction of sp³-hybridized carbons (Fsp3) is 0. The summed E-state index contributed by atoms with van der Waals surface area (Å²) >= 11 is 0. The lowest BCUT2D eigenvalue weighted by atomic mass is 10.00. The highest BCUT2D eigenvalue weighted by Gasteiger charge is 2.22. The van der Waals surface area contributed by atoms with Crippen molar-refractivity contribution in [2.75, 3.05) is 0 Å². The van der Waals surface area contributed by atoms with Crippen LogP contribution in [0.15, 0.2) is 176 Å². The van der Waals surface area contributed by atoms with Crippen LogP contribution in [-0.2, 0) is 0 Å². The van der Waals surface area contributed by atoms with Crippen molar-refractivity contribution < 1.29 is 0 Å². The summed E-state index contributed by atoms with van der Waals surface area (Å²) in [5.74, 6) is 0. The average molecular weight is 700 g/mol. The molecule has 11 rings (SSSR count). The Morgan fingerprint density at radius 3 is 1.53 bits per heavy atom. The smallest absolute Gasteiger partial charge is 0.101 e. The first-order chi connectivity index (χ1) is 27.2. The molecule has 0 amide bonds. The molecule has 5 nitrogen and oxygen atoms in total. The Hall–Kier alpha value is -7.86.